The summed E-state index contributed by atoms with van der Waals surface area (Å²) in [5.74, 6) is 0.936. The maximum absolute atomic E-state index is 11.7. The summed E-state index contributed by atoms with van der Waals surface area (Å²) < 4.78 is 0. The molecule has 3 fully saturated rings. The highest BCUT2D eigenvalue weighted by atomic mass is 16.1. The van der Waals surface area contributed by atoms with Crippen LogP contribution in [0, 0.1) is 5.92 Å². The van der Waals surface area contributed by atoms with E-state index in [-0.39, 0.29) is 0 Å². The Kier molecular flexibility index (Phi) is 2.43. The molecule has 0 aromatic carbocycles. The predicted octanol–water partition coefficient (Wildman–Crippen LogP) is 1.19. The van der Waals surface area contributed by atoms with Gasteiger partial charge in [0, 0.05) is 24.5 Å². The average molecular weight is 208 g/mol. The number of hydrogen-bond donors (Lipinski definition) is 2. The highest BCUT2D eigenvalue weighted by molar-refractivity contribution is 5.76. The predicted molar refractivity (Wildman–Crippen MR) is 58.5 cm³/mol. The van der Waals surface area contributed by atoms with Crippen molar-refractivity contribution < 1.29 is 4.79 Å². The van der Waals surface area contributed by atoms with E-state index in [2.05, 4.69) is 10.6 Å². The van der Waals surface area contributed by atoms with Crippen LogP contribution in [0.15, 0.2) is 0 Å². The summed E-state index contributed by atoms with van der Waals surface area (Å²) in [7, 11) is 0. The summed E-state index contributed by atoms with van der Waals surface area (Å²) >= 11 is 0. The summed E-state index contributed by atoms with van der Waals surface area (Å²) in [5.41, 5.74) is 0. The van der Waals surface area contributed by atoms with Gasteiger partial charge in [-0.1, -0.05) is 0 Å². The Hall–Kier alpha value is -0.570. The molecule has 3 rings (SSSR count). The first kappa shape index (κ1) is 9.64. The first-order chi connectivity index (χ1) is 7.29. The van der Waals surface area contributed by atoms with Crippen molar-refractivity contribution in [3.63, 3.8) is 0 Å². The SMILES string of the molecule is O=C(CC1CC2CCC(C1)N2)NC1CC1. The lowest BCUT2D eigenvalue weighted by atomic mass is 9.89. The number of carbonyl (C=O) groups excluding carboxylic acids is 1. The molecule has 3 nitrogen and oxygen atoms in total. The topological polar surface area (TPSA) is 41.1 Å². The molecule has 1 aliphatic carbocycles. The van der Waals surface area contributed by atoms with Gasteiger partial charge in [-0.05, 0) is 44.4 Å². The van der Waals surface area contributed by atoms with E-state index in [9.17, 15) is 4.79 Å². The highest BCUT2D eigenvalue weighted by Gasteiger charge is 2.34. The van der Waals surface area contributed by atoms with Crippen molar-refractivity contribution in [3.05, 3.63) is 0 Å². The van der Waals surface area contributed by atoms with Crippen LogP contribution in [0.2, 0.25) is 0 Å². The van der Waals surface area contributed by atoms with Crippen molar-refractivity contribution >= 4 is 5.91 Å². The molecule has 0 aromatic heterocycles. The molecule has 0 spiro atoms. The quantitative estimate of drug-likeness (QED) is 0.731. The van der Waals surface area contributed by atoms with Crippen LogP contribution in [-0.4, -0.2) is 24.0 Å². The molecule has 2 aliphatic heterocycles. The normalized spacial score (nSPS) is 39.1. The third kappa shape index (κ3) is 2.33. The number of nitrogens with one attached hydrogen (secondary N) is 2. The van der Waals surface area contributed by atoms with Gasteiger partial charge >= 0.3 is 0 Å². The van der Waals surface area contributed by atoms with Crippen LogP contribution in [0.1, 0.15) is 44.9 Å². The fraction of sp³-hybridized carbons (Fsp3) is 0.917. The van der Waals surface area contributed by atoms with Crippen molar-refractivity contribution in [2.24, 2.45) is 5.92 Å². The number of rotatable bonds is 3. The largest absolute Gasteiger partial charge is 0.353 e. The minimum absolute atomic E-state index is 0.295. The molecule has 0 aromatic rings. The van der Waals surface area contributed by atoms with E-state index in [4.69, 9.17) is 0 Å². The second kappa shape index (κ2) is 3.78. The monoisotopic (exact) mass is 208 g/mol. The third-order valence-electron chi connectivity index (χ3n) is 3.99. The summed E-state index contributed by atoms with van der Waals surface area (Å²) in [6.45, 7) is 0. The van der Waals surface area contributed by atoms with Gasteiger partial charge in [-0.3, -0.25) is 4.79 Å². The average Bonchev–Trinajstić information content (AvgIpc) is 2.92. The summed E-state index contributed by atoms with van der Waals surface area (Å²) in [5, 5.41) is 6.71. The Bertz CT molecular complexity index is 250. The molecule has 84 valence electrons. The Morgan fingerprint density at radius 3 is 2.40 bits per heavy atom. The fourth-order valence-corrected chi connectivity index (χ4v) is 3.12. The zero-order chi connectivity index (χ0) is 10.3. The van der Waals surface area contributed by atoms with Gasteiger partial charge in [0.05, 0.1) is 0 Å². The van der Waals surface area contributed by atoms with Gasteiger partial charge in [0.2, 0.25) is 5.91 Å². The molecule has 0 radical (unpaired) electrons. The Balaban J connectivity index is 1.48. The van der Waals surface area contributed by atoms with Crippen LogP contribution in [-0.2, 0) is 4.79 Å². The lowest BCUT2D eigenvalue weighted by Gasteiger charge is -2.28. The second-order valence-corrected chi connectivity index (χ2v) is 5.52. The van der Waals surface area contributed by atoms with E-state index in [1.165, 1.54) is 38.5 Å². The van der Waals surface area contributed by atoms with E-state index < -0.39 is 0 Å². The summed E-state index contributed by atoms with van der Waals surface area (Å²) in [4.78, 5) is 11.7. The number of hydrogen-bond acceptors (Lipinski definition) is 2. The summed E-state index contributed by atoms with van der Waals surface area (Å²) in [6.07, 6.45) is 8.25. The fourth-order valence-electron chi connectivity index (χ4n) is 3.12. The minimum Gasteiger partial charge on any atom is -0.353 e. The van der Waals surface area contributed by atoms with Crippen LogP contribution in [0.4, 0.5) is 0 Å². The van der Waals surface area contributed by atoms with E-state index in [0.717, 1.165) is 6.42 Å². The molecule has 1 amide bonds. The van der Waals surface area contributed by atoms with Gasteiger partial charge in [-0.2, -0.15) is 0 Å². The van der Waals surface area contributed by atoms with Crippen molar-refractivity contribution in [2.45, 2.75) is 63.1 Å². The van der Waals surface area contributed by atoms with Gasteiger partial charge < -0.3 is 10.6 Å². The first-order valence-electron chi connectivity index (χ1n) is 6.35. The molecule has 15 heavy (non-hydrogen) atoms. The van der Waals surface area contributed by atoms with Crippen molar-refractivity contribution in [2.75, 3.05) is 0 Å². The lowest BCUT2D eigenvalue weighted by Crippen LogP contribution is -2.39. The van der Waals surface area contributed by atoms with E-state index in [1.807, 2.05) is 0 Å². The van der Waals surface area contributed by atoms with E-state index in [1.54, 1.807) is 0 Å². The summed E-state index contributed by atoms with van der Waals surface area (Å²) in [6, 6.07) is 1.95. The van der Waals surface area contributed by atoms with Gasteiger partial charge in [-0.25, -0.2) is 0 Å². The van der Waals surface area contributed by atoms with E-state index in [0.29, 0.717) is 30.0 Å². The number of piperidine rings is 1. The van der Waals surface area contributed by atoms with Crippen LogP contribution >= 0.6 is 0 Å². The molecular formula is C12H20N2O. The van der Waals surface area contributed by atoms with Crippen LogP contribution in [0.25, 0.3) is 0 Å². The van der Waals surface area contributed by atoms with Crippen LogP contribution < -0.4 is 10.6 Å². The molecule has 3 aliphatic rings. The zero-order valence-electron chi connectivity index (χ0n) is 9.17. The van der Waals surface area contributed by atoms with Crippen LogP contribution in [0.5, 0.6) is 0 Å². The maximum atomic E-state index is 11.7. The highest BCUT2D eigenvalue weighted by Crippen LogP contribution is 2.32. The standard InChI is InChI=1S/C12H20N2O/c15-12(14-9-1-2-9)7-8-5-10-3-4-11(6-8)13-10/h8-11,13H,1-7H2,(H,14,15). The Morgan fingerprint density at radius 2 is 1.80 bits per heavy atom. The first-order valence-corrected chi connectivity index (χ1v) is 6.35. The van der Waals surface area contributed by atoms with Gasteiger partial charge in [-0.15, -0.1) is 0 Å². The van der Waals surface area contributed by atoms with E-state index >= 15 is 0 Å². The molecule has 2 saturated heterocycles. The molecule has 2 atom stereocenters. The van der Waals surface area contributed by atoms with Gasteiger partial charge in [0.1, 0.15) is 0 Å². The van der Waals surface area contributed by atoms with Crippen molar-refractivity contribution in [3.8, 4) is 0 Å². The molecule has 2 unspecified atom stereocenters. The van der Waals surface area contributed by atoms with Gasteiger partial charge in [0.15, 0.2) is 0 Å². The number of carbonyl (C=O) groups is 1. The minimum atomic E-state index is 0.295. The van der Waals surface area contributed by atoms with Crippen molar-refractivity contribution in [1.82, 2.24) is 10.6 Å². The number of amides is 1. The smallest absolute Gasteiger partial charge is 0.220 e. The maximum Gasteiger partial charge on any atom is 0.220 e. The Labute approximate surface area is 91.0 Å². The molecule has 2 N–H and O–H groups in total. The zero-order valence-corrected chi connectivity index (χ0v) is 9.17. The van der Waals surface area contributed by atoms with Crippen molar-refractivity contribution in [1.29, 1.82) is 0 Å². The molecule has 2 heterocycles. The molecule has 2 bridgehead atoms. The second-order valence-electron chi connectivity index (χ2n) is 5.52. The molecule has 1 saturated carbocycles. The number of fused-ring (bicyclic) bond motifs is 2. The molecular weight excluding hydrogens is 188 g/mol. The third-order valence-corrected chi connectivity index (χ3v) is 3.99. The lowest BCUT2D eigenvalue weighted by molar-refractivity contribution is -0.122. The van der Waals surface area contributed by atoms with Crippen LogP contribution in [0.3, 0.4) is 0 Å². The van der Waals surface area contributed by atoms with Gasteiger partial charge in [0.25, 0.3) is 0 Å². The Morgan fingerprint density at radius 1 is 1.13 bits per heavy atom. The molecule has 3 heteroatoms.